The number of nitrogens with zero attached hydrogens (tertiary/aromatic N) is 1. The molecule has 1 atom stereocenters. The maximum absolute atomic E-state index is 12.9. The van der Waals surface area contributed by atoms with Gasteiger partial charge in [0.2, 0.25) is 5.91 Å². The standard InChI is InChI=1S/C20H22FN3O3/c1-13(15-4-5-15)23-20(27)16-6-9-19(26)24(11-16)12-18(25)22-10-14-2-7-17(21)8-3-14/h2-3,6-9,11,13,15H,4-5,10,12H2,1H3,(H,22,25)(H,23,27)/t13-/m1/s1. The van der Waals surface area contributed by atoms with Crippen molar-refractivity contribution < 1.29 is 14.0 Å². The van der Waals surface area contributed by atoms with Crippen LogP contribution in [0.2, 0.25) is 0 Å². The fraction of sp³-hybridized carbons (Fsp3) is 0.350. The van der Waals surface area contributed by atoms with Gasteiger partial charge in [0, 0.05) is 24.8 Å². The van der Waals surface area contributed by atoms with Crippen molar-refractivity contribution in [2.45, 2.75) is 38.9 Å². The van der Waals surface area contributed by atoms with Crippen LogP contribution in [0.1, 0.15) is 35.7 Å². The fourth-order valence-corrected chi connectivity index (χ4v) is 2.81. The van der Waals surface area contributed by atoms with E-state index in [2.05, 4.69) is 10.6 Å². The van der Waals surface area contributed by atoms with Gasteiger partial charge in [-0.05, 0) is 49.4 Å². The minimum atomic E-state index is -0.370. The van der Waals surface area contributed by atoms with Crippen LogP contribution in [0.4, 0.5) is 4.39 Å². The number of nitrogens with one attached hydrogen (secondary N) is 2. The summed E-state index contributed by atoms with van der Waals surface area (Å²) < 4.78 is 14.1. The van der Waals surface area contributed by atoms with E-state index in [1.54, 1.807) is 12.1 Å². The molecule has 2 amide bonds. The van der Waals surface area contributed by atoms with Crippen molar-refractivity contribution in [1.29, 1.82) is 0 Å². The molecule has 1 aromatic carbocycles. The molecule has 2 N–H and O–H groups in total. The predicted molar refractivity (Wildman–Crippen MR) is 98.6 cm³/mol. The van der Waals surface area contributed by atoms with Crippen LogP contribution < -0.4 is 16.2 Å². The molecule has 7 heteroatoms. The molecule has 1 aliphatic rings. The van der Waals surface area contributed by atoms with Gasteiger partial charge in [0.1, 0.15) is 12.4 Å². The Morgan fingerprint density at radius 3 is 2.56 bits per heavy atom. The van der Waals surface area contributed by atoms with Gasteiger partial charge in [-0.15, -0.1) is 0 Å². The minimum Gasteiger partial charge on any atom is -0.350 e. The van der Waals surface area contributed by atoms with Crippen molar-refractivity contribution in [3.8, 4) is 0 Å². The number of rotatable bonds is 7. The van der Waals surface area contributed by atoms with Gasteiger partial charge in [0.05, 0.1) is 5.56 Å². The van der Waals surface area contributed by atoms with E-state index in [4.69, 9.17) is 0 Å². The lowest BCUT2D eigenvalue weighted by molar-refractivity contribution is -0.121. The first kappa shape index (κ1) is 18.8. The summed E-state index contributed by atoms with van der Waals surface area (Å²) in [6, 6.07) is 8.63. The molecule has 2 aromatic rings. The number of hydrogen-bond donors (Lipinski definition) is 2. The van der Waals surface area contributed by atoms with E-state index in [0.29, 0.717) is 11.5 Å². The van der Waals surface area contributed by atoms with Crippen molar-refractivity contribution >= 4 is 11.8 Å². The highest BCUT2D eigenvalue weighted by molar-refractivity contribution is 5.94. The molecular weight excluding hydrogens is 349 g/mol. The summed E-state index contributed by atoms with van der Waals surface area (Å²) in [7, 11) is 0. The molecule has 1 saturated carbocycles. The number of carbonyl (C=O) groups excluding carboxylic acids is 2. The molecular formula is C20H22FN3O3. The Kier molecular flexibility index (Phi) is 5.69. The summed E-state index contributed by atoms with van der Waals surface area (Å²) in [5.41, 5.74) is 0.728. The van der Waals surface area contributed by atoms with Gasteiger partial charge in [-0.1, -0.05) is 12.1 Å². The lowest BCUT2D eigenvalue weighted by atomic mass is 10.2. The Balaban J connectivity index is 1.59. The SMILES string of the molecule is C[C@@H](NC(=O)c1ccc(=O)n(CC(=O)NCc2ccc(F)cc2)c1)C1CC1. The number of halogens is 1. The second kappa shape index (κ2) is 8.16. The van der Waals surface area contributed by atoms with Crippen LogP contribution in [0.3, 0.4) is 0 Å². The smallest absolute Gasteiger partial charge is 0.252 e. The van der Waals surface area contributed by atoms with E-state index in [1.807, 2.05) is 6.92 Å². The van der Waals surface area contributed by atoms with Crippen molar-refractivity contribution in [1.82, 2.24) is 15.2 Å². The van der Waals surface area contributed by atoms with E-state index in [9.17, 15) is 18.8 Å². The van der Waals surface area contributed by atoms with Crippen LogP contribution in [0.25, 0.3) is 0 Å². The van der Waals surface area contributed by atoms with Gasteiger partial charge in [-0.25, -0.2) is 4.39 Å². The first-order chi connectivity index (χ1) is 12.9. The van der Waals surface area contributed by atoms with E-state index >= 15 is 0 Å². The van der Waals surface area contributed by atoms with E-state index in [0.717, 1.165) is 18.4 Å². The molecule has 0 aliphatic heterocycles. The van der Waals surface area contributed by atoms with E-state index in [-0.39, 0.29) is 42.3 Å². The zero-order valence-corrected chi connectivity index (χ0v) is 15.1. The molecule has 142 valence electrons. The summed E-state index contributed by atoms with van der Waals surface area (Å²) in [5, 5.41) is 5.60. The van der Waals surface area contributed by atoms with Gasteiger partial charge in [-0.2, -0.15) is 0 Å². The first-order valence-corrected chi connectivity index (χ1v) is 8.95. The lowest BCUT2D eigenvalue weighted by Gasteiger charge is -2.14. The van der Waals surface area contributed by atoms with Gasteiger partial charge in [0.15, 0.2) is 0 Å². The van der Waals surface area contributed by atoms with Crippen LogP contribution in [0.15, 0.2) is 47.4 Å². The molecule has 3 rings (SSSR count). The number of amides is 2. The summed E-state index contributed by atoms with van der Waals surface area (Å²) >= 11 is 0. The quantitative estimate of drug-likeness (QED) is 0.779. The largest absolute Gasteiger partial charge is 0.350 e. The molecule has 1 aromatic heterocycles. The molecule has 0 saturated heterocycles. The third kappa shape index (κ3) is 5.26. The number of aromatic nitrogens is 1. The maximum atomic E-state index is 12.9. The zero-order chi connectivity index (χ0) is 19.4. The van der Waals surface area contributed by atoms with Crippen LogP contribution >= 0.6 is 0 Å². The van der Waals surface area contributed by atoms with Gasteiger partial charge >= 0.3 is 0 Å². The monoisotopic (exact) mass is 371 g/mol. The Bertz CT molecular complexity index is 888. The van der Waals surface area contributed by atoms with Gasteiger partial charge < -0.3 is 15.2 Å². The predicted octanol–water partition coefficient (Wildman–Crippen LogP) is 1.83. The molecule has 0 bridgehead atoms. The zero-order valence-electron chi connectivity index (χ0n) is 15.1. The topological polar surface area (TPSA) is 80.2 Å². The maximum Gasteiger partial charge on any atom is 0.252 e. The average Bonchev–Trinajstić information content (AvgIpc) is 3.48. The molecule has 0 unspecified atom stereocenters. The molecule has 0 spiro atoms. The average molecular weight is 371 g/mol. The number of carbonyl (C=O) groups is 2. The Labute approximate surface area is 156 Å². The third-order valence-electron chi connectivity index (χ3n) is 4.65. The number of benzene rings is 1. The van der Waals surface area contributed by atoms with Crippen LogP contribution in [-0.4, -0.2) is 22.4 Å². The minimum absolute atomic E-state index is 0.0943. The first-order valence-electron chi connectivity index (χ1n) is 8.95. The summed E-state index contributed by atoms with van der Waals surface area (Å²) in [6.07, 6.45) is 3.64. The highest BCUT2D eigenvalue weighted by Gasteiger charge is 2.29. The number of pyridine rings is 1. The van der Waals surface area contributed by atoms with Crippen molar-refractivity contribution in [2.75, 3.05) is 0 Å². The summed E-state index contributed by atoms with van der Waals surface area (Å²) in [4.78, 5) is 36.4. The summed E-state index contributed by atoms with van der Waals surface area (Å²) in [5.74, 6) is -0.444. The second-order valence-corrected chi connectivity index (χ2v) is 6.89. The fourth-order valence-electron chi connectivity index (χ4n) is 2.81. The van der Waals surface area contributed by atoms with Crippen molar-refractivity contribution in [3.63, 3.8) is 0 Å². The van der Waals surface area contributed by atoms with Crippen LogP contribution in [0, 0.1) is 11.7 Å². The molecule has 1 fully saturated rings. The highest BCUT2D eigenvalue weighted by Crippen LogP contribution is 2.32. The molecule has 0 radical (unpaired) electrons. The van der Waals surface area contributed by atoms with Crippen LogP contribution in [0.5, 0.6) is 0 Å². The van der Waals surface area contributed by atoms with Crippen molar-refractivity contribution in [2.24, 2.45) is 5.92 Å². The second-order valence-electron chi connectivity index (χ2n) is 6.89. The molecule has 1 heterocycles. The molecule has 6 nitrogen and oxygen atoms in total. The van der Waals surface area contributed by atoms with Gasteiger partial charge in [0.25, 0.3) is 11.5 Å². The molecule has 27 heavy (non-hydrogen) atoms. The lowest BCUT2D eigenvalue weighted by Crippen LogP contribution is -2.36. The Morgan fingerprint density at radius 1 is 1.19 bits per heavy atom. The van der Waals surface area contributed by atoms with E-state index in [1.165, 1.54) is 35.0 Å². The van der Waals surface area contributed by atoms with E-state index < -0.39 is 0 Å². The number of hydrogen-bond acceptors (Lipinski definition) is 3. The Morgan fingerprint density at radius 2 is 1.89 bits per heavy atom. The molecule has 1 aliphatic carbocycles. The summed E-state index contributed by atoms with van der Waals surface area (Å²) in [6.45, 7) is 2.00. The Hall–Kier alpha value is -2.96. The normalized spacial score (nSPS) is 14.4. The third-order valence-corrected chi connectivity index (χ3v) is 4.65. The highest BCUT2D eigenvalue weighted by atomic mass is 19.1. The van der Waals surface area contributed by atoms with Crippen molar-refractivity contribution in [3.05, 3.63) is 69.9 Å². The van der Waals surface area contributed by atoms with Crippen LogP contribution in [-0.2, 0) is 17.9 Å². The van der Waals surface area contributed by atoms with Gasteiger partial charge in [-0.3, -0.25) is 14.4 Å².